The summed E-state index contributed by atoms with van der Waals surface area (Å²) in [6, 6.07) is 19.5. The zero-order valence-electron chi connectivity index (χ0n) is 16.7. The predicted molar refractivity (Wildman–Crippen MR) is 121 cm³/mol. The summed E-state index contributed by atoms with van der Waals surface area (Å²) in [5.74, 6) is -1.37. The van der Waals surface area contributed by atoms with Crippen molar-refractivity contribution in [2.24, 2.45) is 0 Å². The molecule has 0 fully saturated rings. The number of benzene rings is 2. The first-order valence-corrected chi connectivity index (χ1v) is 10.7. The van der Waals surface area contributed by atoms with Crippen LogP contribution in [0.1, 0.15) is 20.7 Å². The van der Waals surface area contributed by atoms with Crippen LogP contribution >= 0.6 is 11.3 Å². The lowest BCUT2D eigenvalue weighted by Gasteiger charge is -2.14. The minimum absolute atomic E-state index is 0.319. The van der Waals surface area contributed by atoms with E-state index >= 15 is 0 Å². The Kier molecular flexibility index (Phi) is 5.04. The van der Waals surface area contributed by atoms with Crippen molar-refractivity contribution in [3.63, 3.8) is 0 Å². The number of anilines is 1. The zero-order valence-corrected chi connectivity index (χ0v) is 17.5. The highest BCUT2D eigenvalue weighted by molar-refractivity contribution is 7.13. The average Bonchev–Trinajstić information content (AvgIpc) is 3.41. The van der Waals surface area contributed by atoms with Crippen LogP contribution in [0, 0.1) is 0 Å². The molecule has 0 unspecified atom stereocenters. The number of hydrogen-bond acceptors (Lipinski definition) is 6. The van der Waals surface area contributed by atoms with E-state index in [0.29, 0.717) is 16.8 Å². The maximum Gasteiger partial charge on any atom is 0.262 e. The third-order valence-electron chi connectivity index (χ3n) is 5.01. The fourth-order valence-corrected chi connectivity index (χ4v) is 4.30. The molecular weight excluding hydrogens is 424 g/mol. The van der Waals surface area contributed by atoms with Gasteiger partial charge >= 0.3 is 0 Å². The summed E-state index contributed by atoms with van der Waals surface area (Å²) in [6.45, 7) is -0.350. The van der Waals surface area contributed by atoms with Crippen LogP contribution in [0.25, 0.3) is 22.0 Å². The molecule has 7 nitrogen and oxygen atoms in total. The molecule has 3 heterocycles. The van der Waals surface area contributed by atoms with E-state index in [9.17, 15) is 14.4 Å². The summed E-state index contributed by atoms with van der Waals surface area (Å²) < 4.78 is 0. The van der Waals surface area contributed by atoms with E-state index in [2.05, 4.69) is 15.3 Å². The third-order valence-corrected chi connectivity index (χ3v) is 5.87. The molecule has 0 spiro atoms. The molecule has 0 saturated carbocycles. The number of rotatable bonds is 5. The van der Waals surface area contributed by atoms with Crippen molar-refractivity contribution in [1.29, 1.82) is 0 Å². The second-order valence-corrected chi connectivity index (χ2v) is 7.98. The van der Waals surface area contributed by atoms with Gasteiger partial charge in [-0.25, -0.2) is 4.98 Å². The van der Waals surface area contributed by atoms with Gasteiger partial charge in [0.15, 0.2) is 0 Å². The first-order valence-electron chi connectivity index (χ1n) is 9.82. The number of nitrogens with one attached hydrogen (secondary N) is 1. The summed E-state index contributed by atoms with van der Waals surface area (Å²) >= 11 is 1.49. The number of pyridine rings is 1. The quantitative estimate of drug-likeness (QED) is 0.472. The van der Waals surface area contributed by atoms with E-state index in [-0.39, 0.29) is 6.54 Å². The number of carbonyl (C=O) groups excluding carboxylic acids is 3. The Hall–Kier alpha value is -4.17. The van der Waals surface area contributed by atoms with E-state index in [1.807, 2.05) is 35.7 Å². The fraction of sp³-hybridized carbons (Fsp3) is 0.0417. The number of hydrogen-bond donors (Lipinski definition) is 1. The van der Waals surface area contributed by atoms with Gasteiger partial charge in [-0.3, -0.25) is 24.3 Å². The topological polar surface area (TPSA) is 92.3 Å². The molecule has 1 aliphatic rings. The molecule has 0 bridgehead atoms. The van der Waals surface area contributed by atoms with E-state index in [1.165, 1.54) is 11.3 Å². The van der Waals surface area contributed by atoms with Gasteiger partial charge in [0.1, 0.15) is 11.6 Å². The number of aromatic nitrogens is 2. The average molecular weight is 440 g/mol. The standard InChI is InChI=1S/C24H16N4O3S/c29-21(13-28-23(30)17-8-1-2-9-18(17)24(28)31)26-16-7-5-6-15(12-16)20-14-32-22(27-20)19-10-3-4-11-25-19/h1-12,14H,13H2,(H,26,29). The van der Waals surface area contributed by atoms with E-state index < -0.39 is 17.7 Å². The number of fused-ring (bicyclic) bond motifs is 1. The first-order chi connectivity index (χ1) is 15.6. The molecule has 32 heavy (non-hydrogen) atoms. The maximum atomic E-state index is 12.6. The van der Waals surface area contributed by atoms with Gasteiger partial charge in [-0.05, 0) is 36.4 Å². The highest BCUT2D eigenvalue weighted by atomic mass is 32.1. The molecule has 1 N–H and O–H groups in total. The van der Waals surface area contributed by atoms with Gasteiger partial charge in [-0.15, -0.1) is 11.3 Å². The molecule has 8 heteroatoms. The molecule has 2 aromatic heterocycles. The summed E-state index contributed by atoms with van der Waals surface area (Å²) in [6.07, 6.45) is 1.72. The Morgan fingerprint density at radius 1 is 0.906 bits per heavy atom. The Labute approximate surface area is 187 Å². The second kappa shape index (κ2) is 8.16. The van der Waals surface area contributed by atoms with Crippen molar-refractivity contribution in [3.05, 3.63) is 89.4 Å². The van der Waals surface area contributed by atoms with Crippen molar-refractivity contribution >= 4 is 34.7 Å². The smallest absolute Gasteiger partial charge is 0.262 e. The molecule has 2 aromatic carbocycles. The van der Waals surface area contributed by atoms with E-state index in [4.69, 9.17) is 0 Å². The van der Waals surface area contributed by atoms with E-state index in [1.54, 1.807) is 42.6 Å². The largest absolute Gasteiger partial charge is 0.325 e. The second-order valence-electron chi connectivity index (χ2n) is 7.12. The van der Waals surface area contributed by atoms with Crippen LogP contribution in [0.3, 0.4) is 0 Å². The lowest BCUT2D eigenvalue weighted by atomic mass is 10.1. The highest BCUT2D eigenvalue weighted by Gasteiger charge is 2.36. The fourth-order valence-electron chi connectivity index (χ4n) is 3.50. The summed E-state index contributed by atoms with van der Waals surface area (Å²) in [5.41, 5.74) is 3.60. The van der Waals surface area contributed by atoms with Crippen LogP contribution in [0.15, 0.2) is 78.3 Å². The van der Waals surface area contributed by atoms with Crippen molar-refractivity contribution in [1.82, 2.24) is 14.9 Å². The molecular formula is C24H16N4O3S. The van der Waals surface area contributed by atoms with Crippen molar-refractivity contribution in [3.8, 4) is 22.0 Å². The Balaban J connectivity index is 1.30. The van der Waals surface area contributed by atoms with Crippen molar-refractivity contribution < 1.29 is 14.4 Å². The van der Waals surface area contributed by atoms with Crippen molar-refractivity contribution in [2.45, 2.75) is 0 Å². The highest BCUT2D eigenvalue weighted by Crippen LogP contribution is 2.29. The number of thiazole rings is 1. The monoisotopic (exact) mass is 440 g/mol. The molecule has 4 aromatic rings. The molecule has 5 rings (SSSR count). The van der Waals surface area contributed by atoms with Gasteiger partial charge in [-0.2, -0.15) is 0 Å². The molecule has 0 saturated heterocycles. The lowest BCUT2D eigenvalue weighted by Crippen LogP contribution is -2.37. The first kappa shape index (κ1) is 19.8. The summed E-state index contributed by atoms with van der Waals surface area (Å²) in [5, 5.41) is 5.50. The van der Waals surface area contributed by atoms with Crippen molar-refractivity contribution in [2.75, 3.05) is 11.9 Å². The van der Waals surface area contributed by atoms with Crippen LogP contribution in [-0.2, 0) is 4.79 Å². The molecule has 1 aliphatic heterocycles. The van der Waals surface area contributed by atoms with Crippen LogP contribution in [0.5, 0.6) is 0 Å². The normalized spacial score (nSPS) is 12.7. The van der Waals surface area contributed by atoms with Crippen LogP contribution < -0.4 is 5.32 Å². The maximum absolute atomic E-state index is 12.6. The minimum atomic E-state index is -0.459. The van der Waals surface area contributed by atoms with Gasteiger partial charge in [0, 0.05) is 22.8 Å². The number of imide groups is 1. The summed E-state index contributed by atoms with van der Waals surface area (Å²) in [7, 11) is 0. The number of nitrogens with zero attached hydrogens (tertiary/aromatic N) is 3. The zero-order chi connectivity index (χ0) is 22.1. The predicted octanol–water partition coefficient (Wildman–Crippen LogP) is 4.11. The molecule has 0 atom stereocenters. The third kappa shape index (κ3) is 3.67. The Morgan fingerprint density at radius 3 is 2.38 bits per heavy atom. The lowest BCUT2D eigenvalue weighted by molar-refractivity contribution is -0.116. The van der Waals surface area contributed by atoms with E-state index in [0.717, 1.165) is 26.9 Å². The molecule has 0 aliphatic carbocycles. The Morgan fingerprint density at radius 2 is 1.66 bits per heavy atom. The SMILES string of the molecule is O=C(CN1C(=O)c2ccccc2C1=O)Nc1cccc(-c2csc(-c3ccccn3)n2)c1. The van der Waals surface area contributed by atoms with Gasteiger partial charge in [0.2, 0.25) is 5.91 Å². The van der Waals surface area contributed by atoms with Crippen LogP contribution in [0.4, 0.5) is 5.69 Å². The Bertz CT molecular complexity index is 1320. The molecule has 156 valence electrons. The van der Waals surface area contributed by atoms with Gasteiger partial charge < -0.3 is 5.32 Å². The van der Waals surface area contributed by atoms with Gasteiger partial charge in [-0.1, -0.05) is 30.3 Å². The molecule has 3 amide bonds. The van der Waals surface area contributed by atoms with Gasteiger partial charge in [0.05, 0.1) is 22.5 Å². The minimum Gasteiger partial charge on any atom is -0.325 e. The van der Waals surface area contributed by atoms with Crippen LogP contribution in [0.2, 0.25) is 0 Å². The number of carbonyl (C=O) groups is 3. The number of amides is 3. The molecule has 0 radical (unpaired) electrons. The summed E-state index contributed by atoms with van der Waals surface area (Å²) in [4.78, 5) is 47.4. The van der Waals surface area contributed by atoms with Gasteiger partial charge in [0.25, 0.3) is 11.8 Å². The van der Waals surface area contributed by atoms with Crippen LogP contribution in [-0.4, -0.2) is 39.1 Å².